The van der Waals surface area contributed by atoms with Crippen LogP contribution in [0.25, 0.3) is 27.9 Å². The van der Waals surface area contributed by atoms with Crippen LogP contribution in [0, 0.1) is 30.5 Å². The normalized spacial score (nSPS) is 21.4. The van der Waals surface area contributed by atoms with Gasteiger partial charge in [0.25, 0.3) is 10.0 Å². The van der Waals surface area contributed by atoms with Crippen molar-refractivity contribution in [2.45, 2.75) is 57.1 Å². The van der Waals surface area contributed by atoms with Crippen LogP contribution in [0.4, 0.5) is 10.2 Å². The molecule has 2 atom stereocenters. The molecule has 234 valence electrons. The molecule has 3 fully saturated rings. The van der Waals surface area contributed by atoms with Crippen LogP contribution in [0.5, 0.6) is 0 Å². The summed E-state index contributed by atoms with van der Waals surface area (Å²) < 4.78 is 50.3. The minimum atomic E-state index is -4.12. The molecular formula is C32H33FN6O5S. The first-order valence-electron chi connectivity index (χ1n) is 15.1. The molecule has 8 rings (SSSR count). The minimum absolute atomic E-state index is 0.0284. The third-order valence-corrected chi connectivity index (χ3v) is 10.8. The Morgan fingerprint density at radius 2 is 1.84 bits per heavy atom. The van der Waals surface area contributed by atoms with Gasteiger partial charge in [0.05, 0.1) is 30.2 Å². The number of carbonyl (C=O) groups is 1. The fourth-order valence-electron chi connectivity index (χ4n) is 6.99. The number of carbonyl (C=O) groups excluding carboxylic acids is 1. The van der Waals surface area contributed by atoms with Gasteiger partial charge in [-0.2, -0.15) is 0 Å². The Morgan fingerprint density at radius 3 is 2.56 bits per heavy atom. The zero-order chi connectivity index (χ0) is 31.5. The lowest BCUT2D eigenvalue weighted by Gasteiger charge is -2.47. The molecule has 0 aliphatic heterocycles. The van der Waals surface area contributed by atoms with Crippen LogP contribution in [0.2, 0.25) is 0 Å². The van der Waals surface area contributed by atoms with Crippen LogP contribution in [0.15, 0.2) is 59.9 Å². The van der Waals surface area contributed by atoms with Crippen molar-refractivity contribution in [3.63, 3.8) is 0 Å². The molecule has 0 amide bonds. The summed E-state index contributed by atoms with van der Waals surface area (Å²) in [5, 5.41) is 18.4. The topological polar surface area (TPSA) is 141 Å². The first-order valence-corrected chi connectivity index (χ1v) is 16.5. The summed E-state index contributed by atoms with van der Waals surface area (Å²) in [6, 6.07) is 9.17. The molecule has 0 saturated heterocycles. The Kier molecular flexibility index (Phi) is 7.32. The van der Waals surface area contributed by atoms with E-state index >= 15 is 0 Å². The van der Waals surface area contributed by atoms with Gasteiger partial charge in [-0.25, -0.2) is 31.3 Å². The molecule has 0 spiro atoms. The standard InChI is InChI=1S/C32H33FN6O5S/c1-3-44-32(41)27-20-6-8-21(9-7-20)28(27)35-30-26-12-19(17-40)15-38(26)37-29(36-30)25-16-39(31-24(25)13-22(33)14-34-31)45(42,43)23-10-4-18(2)5-11-23/h4-5,10-16,20-21,27-28,40H,3,6-9,17H2,1-2H3,(H,35,36,37). The van der Waals surface area contributed by atoms with E-state index in [0.717, 1.165) is 41.4 Å². The fraction of sp³-hybridized carbons (Fsp3) is 0.375. The van der Waals surface area contributed by atoms with Gasteiger partial charge in [-0.3, -0.25) is 4.79 Å². The Bertz CT molecular complexity index is 2030. The third-order valence-electron chi connectivity index (χ3n) is 9.18. The maximum atomic E-state index is 14.6. The number of nitrogens with one attached hydrogen (secondary N) is 1. The van der Waals surface area contributed by atoms with E-state index < -0.39 is 15.8 Å². The number of hydrogen-bond acceptors (Lipinski definition) is 9. The summed E-state index contributed by atoms with van der Waals surface area (Å²) in [5.74, 6) is -0.257. The van der Waals surface area contributed by atoms with Gasteiger partial charge in [0.15, 0.2) is 17.3 Å². The second-order valence-electron chi connectivity index (χ2n) is 11.9. The molecule has 4 aromatic heterocycles. The van der Waals surface area contributed by atoms with Gasteiger partial charge in [0, 0.05) is 29.4 Å². The Morgan fingerprint density at radius 1 is 1.11 bits per heavy atom. The van der Waals surface area contributed by atoms with Crippen LogP contribution in [-0.2, 0) is 26.2 Å². The van der Waals surface area contributed by atoms with Gasteiger partial charge in [0.1, 0.15) is 11.3 Å². The van der Waals surface area contributed by atoms with Crippen LogP contribution in [-0.4, -0.2) is 55.7 Å². The summed E-state index contributed by atoms with van der Waals surface area (Å²) in [4.78, 5) is 22.2. The lowest BCUT2D eigenvalue weighted by atomic mass is 9.61. The predicted molar refractivity (Wildman–Crippen MR) is 164 cm³/mol. The van der Waals surface area contributed by atoms with Gasteiger partial charge >= 0.3 is 5.97 Å². The molecule has 3 aliphatic rings. The van der Waals surface area contributed by atoms with Gasteiger partial charge in [0.2, 0.25) is 0 Å². The van der Waals surface area contributed by atoms with Crippen molar-refractivity contribution in [1.82, 2.24) is 23.6 Å². The SMILES string of the molecule is CCOC(=O)C1C2CCC(CC2)C1Nc1nc(-c2cn(S(=O)(=O)c3ccc(C)cc3)c3ncc(F)cc23)nn2cc(CO)cc12. The van der Waals surface area contributed by atoms with Crippen molar-refractivity contribution in [2.75, 3.05) is 11.9 Å². The van der Waals surface area contributed by atoms with E-state index in [0.29, 0.717) is 23.5 Å². The third kappa shape index (κ3) is 5.03. The first kappa shape index (κ1) is 29.4. The molecule has 45 heavy (non-hydrogen) atoms. The number of fused-ring (bicyclic) bond motifs is 5. The van der Waals surface area contributed by atoms with Crippen molar-refractivity contribution in [2.24, 2.45) is 17.8 Å². The van der Waals surface area contributed by atoms with Gasteiger partial charge < -0.3 is 15.2 Å². The molecule has 4 heterocycles. The number of benzene rings is 1. The number of esters is 1. The summed E-state index contributed by atoms with van der Waals surface area (Å²) >= 11 is 0. The van der Waals surface area contributed by atoms with Crippen LogP contribution < -0.4 is 5.32 Å². The smallest absolute Gasteiger partial charge is 0.311 e. The highest BCUT2D eigenvalue weighted by Crippen LogP contribution is 2.47. The molecule has 3 saturated carbocycles. The van der Waals surface area contributed by atoms with E-state index in [2.05, 4.69) is 15.4 Å². The molecule has 3 aliphatic carbocycles. The highest BCUT2D eigenvalue weighted by Gasteiger charge is 2.48. The van der Waals surface area contributed by atoms with Gasteiger partial charge in [-0.15, -0.1) is 5.10 Å². The van der Waals surface area contributed by atoms with Crippen molar-refractivity contribution in [1.29, 1.82) is 0 Å². The van der Waals surface area contributed by atoms with Crippen LogP contribution in [0.3, 0.4) is 0 Å². The number of halogens is 1. The summed E-state index contributed by atoms with van der Waals surface area (Å²) in [6.07, 6.45) is 7.86. The molecular weight excluding hydrogens is 599 g/mol. The lowest BCUT2D eigenvalue weighted by Crippen LogP contribution is -2.52. The van der Waals surface area contributed by atoms with E-state index in [-0.39, 0.29) is 63.7 Å². The molecule has 13 heteroatoms. The monoisotopic (exact) mass is 632 g/mol. The number of aromatic nitrogens is 5. The number of nitrogens with zero attached hydrogens (tertiary/aromatic N) is 5. The second-order valence-corrected chi connectivity index (χ2v) is 13.7. The van der Waals surface area contributed by atoms with E-state index in [4.69, 9.17) is 9.72 Å². The fourth-order valence-corrected chi connectivity index (χ4v) is 8.32. The van der Waals surface area contributed by atoms with Crippen LogP contribution in [0.1, 0.15) is 43.7 Å². The zero-order valence-electron chi connectivity index (χ0n) is 24.9. The molecule has 2 bridgehead atoms. The number of pyridine rings is 1. The summed E-state index contributed by atoms with van der Waals surface area (Å²) in [7, 11) is -4.12. The number of aliphatic hydroxyl groups excluding tert-OH is 1. The van der Waals surface area contributed by atoms with E-state index in [1.165, 1.54) is 24.4 Å². The summed E-state index contributed by atoms with van der Waals surface area (Å²) in [6.45, 7) is 3.71. The van der Waals surface area contributed by atoms with Crippen molar-refractivity contribution in [3.8, 4) is 11.4 Å². The number of anilines is 1. The minimum Gasteiger partial charge on any atom is -0.466 e. The van der Waals surface area contributed by atoms with E-state index in [1.807, 2.05) is 6.92 Å². The number of aryl methyl sites for hydroxylation is 1. The van der Waals surface area contributed by atoms with Gasteiger partial charge in [-0.1, -0.05) is 17.7 Å². The zero-order valence-corrected chi connectivity index (χ0v) is 25.7. The molecule has 11 nitrogen and oxygen atoms in total. The average Bonchev–Trinajstić information content (AvgIpc) is 3.64. The first-order chi connectivity index (χ1) is 21.7. The number of hydrogen-bond donors (Lipinski definition) is 2. The van der Waals surface area contributed by atoms with Gasteiger partial charge in [-0.05, 0) is 81.2 Å². The molecule has 0 radical (unpaired) electrons. The quantitative estimate of drug-likeness (QED) is 0.233. The number of ether oxygens (including phenoxy) is 1. The van der Waals surface area contributed by atoms with Crippen molar-refractivity contribution < 1.29 is 27.4 Å². The summed E-state index contributed by atoms with van der Waals surface area (Å²) in [5.41, 5.74) is 2.35. The molecule has 2 unspecified atom stereocenters. The highest BCUT2D eigenvalue weighted by atomic mass is 32.2. The molecule has 2 N–H and O–H groups in total. The maximum Gasteiger partial charge on any atom is 0.311 e. The Hall–Kier alpha value is -4.36. The molecule has 5 aromatic rings. The van der Waals surface area contributed by atoms with Crippen molar-refractivity contribution in [3.05, 3.63) is 71.9 Å². The predicted octanol–water partition coefficient (Wildman–Crippen LogP) is 4.70. The lowest BCUT2D eigenvalue weighted by molar-refractivity contribution is -0.154. The largest absolute Gasteiger partial charge is 0.466 e. The van der Waals surface area contributed by atoms with Crippen LogP contribution >= 0.6 is 0 Å². The van der Waals surface area contributed by atoms with Crippen molar-refractivity contribution >= 4 is 38.4 Å². The van der Waals surface area contributed by atoms with E-state index in [9.17, 15) is 22.7 Å². The Labute approximate surface area is 259 Å². The number of aliphatic hydroxyl groups is 1. The maximum absolute atomic E-state index is 14.6. The van der Waals surface area contributed by atoms with E-state index in [1.54, 1.807) is 35.8 Å². The second kappa shape index (κ2) is 11.2. The molecule has 1 aromatic carbocycles. The average molecular weight is 633 g/mol. The highest BCUT2D eigenvalue weighted by molar-refractivity contribution is 7.90. The number of rotatable bonds is 8. The Balaban J connectivity index is 1.39.